The van der Waals surface area contributed by atoms with E-state index in [-0.39, 0.29) is 5.97 Å². The number of ether oxygens (including phenoxy) is 1. The molecule has 1 saturated carbocycles. The summed E-state index contributed by atoms with van der Waals surface area (Å²) in [5, 5.41) is 0. The molecule has 2 heteroatoms. The second kappa shape index (κ2) is 4.72. The maximum atomic E-state index is 12.2. The van der Waals surface area contributed by atoms with Crippen molar-refractivity contribution >= 4 is 5.97 Å². The van der Waals surface area contributed by atoms with Crippen LogP contribution in [-0.2, 0) is 16.0 Å². The van der Waals surface area contributed by atoms with Gasteiger partial charge in [0, 0.05) is 5.92 Å². The van der Waals surface area contributed by atoms with E-state index < -0.39 is 5.41 Å². The Bertz CT molecular complexity index is 615. The fraction of sp³-hybridized carbons (Fsp3) is 0.526. The van der Waals surface area contributed by atoms with Gasteiger partial charge in [-0.25, -0.2) is 0 Å². The first-order valence-corrected chi connectivity index (χ1v) is 7.78. The lowest BCUT2D eigenvalue weighted by Crippen LogP contribution is -2.24. The van der Waals surface area contributed by atoms with Crippen LogP contribution in [0.4, 0.5) is 0 Å². The molecule has 0 spiro atoms. The van der Waals surface area contributed by atoms with E-state index in [4.69, 9.17) is 4.74 Å². The Morgan fingerprint density at radius 2 is 1.86 bits per heavy atom. The Balaban J connectivity index is 1.82. The summed E-state index contributed by atoms with van der Waals surface area (Å²) < 4.78 is 5.79. The van der Waals surface area contributed by atoms with Gasteiger partial charge in [-0.05, 0) is 69.6 Å². The molecule has 0 aliphatic heterocycles. The largest absolute Gasteiger partial charge is 0.430 e. The Kier molecular flexibility index (Phi) is 3.23. The normalized spacial score (nSPS) is 25.9. The average molecular weight is 284 g/mol. The molecule has 1 aromatic carbocycles. The Morgan fingerprint density at radius 1 is 1.19 bits per heavy atom. The fourth-order valence-corrected chi connectivity index (χ4v) is 3.47. The summed E-state index contributed by atoms with van der Waals surface area (Å²) in [4.78, 5) is 12.2. The van der Waals surface area contributed by atoms with Crippen molar-refractivity contribution in [1.29, 1.82) is 0 Å². The lowest BCUT2D eigenvalue weighted by molar-refractivity contribution is -0.149. The first-order valence-electron chi connectivity index (χ1n) is 7.78. The molecule has 2 nitrogen and oxygen atoms in total. The summed E-state index contributed by atoms with van der Waals surface area (Å²) in [6, 6.07) is 8.68. The summed E-state index contributed by atoms with van der Waals surface area (Å²) in [5.74, 6) is 2.37. The van der Waals surface area contributed by atoms with Gasteiger partial charge in [0.05, 0.1) is 5.41 Å². The van der Waals surface area contributed by atoms with Crippen molar-refractivity contribution in [2.75, 3.05) is 0 Å². The number of benzene rings is 1. The van der Waals surface area contributed by atoms with Crippen LogP contribution in [0.2, 0.25) is 0 Å². The van der Waals surface area contributed by atoms with Crippen LogP contribution < -0.4 is 0 Å². The van der Waals surface area contributed by atoms with Crippen LogP contribution in [0.15, 0.2) is 35.6 Å². The van der Waals surface area contributed by atoms with E-state index in [9.17, 15) is 4.79 Å². The summed E-state index contributed by atoms with van der Waals surface area (Å²) >= 11 is 0. The Morgan fingerprint density at radius 3 is 2.48 bits per heavy atom. The van der Waals surface area contributed by atoms with Crippen molar-refractivity contribution in [1.82, 2.24) is 0 Å². The second-order valence-electron chi connectivity index (χ2n) is 7.62. The maximum absolute atomic E-state index is 12.2. The highest BCUT2D eigenvalue weighted by molar-refractivity contribution is 5.76. The predicted molar refractivity (Wildman–Crippen MR) is 83.8 cm³/mol. The quantitative estimate of drug-likeness (QED) is 0.592. The SMILES string of the molecule is CC(C)=C(OC(=O)C(C)(C)C)C1[C@H]2c3ccccc3C[C@@H]12. The van der Waals surface area contributed by atoms with Crippen LogP contribution in [0.25, 0.3) is 0 Å². The predicted octanol–water partition coefficient (Wildman–Crippen LogP) is 4.46. The third-order valence-electron chi connectivity index (χ3n) is 4.65. The Hall–Kier alpha value is -1.57. The average Bonchev–Trinajstić information content (AvgIpc) is 2.94. The zero-order chi connectivity index (χ0) is 15.4. The van der Waals surface area contributed by atoms with Gasteiger partial charge in [-0.2, -0.15) is 0 Å². The van der Waals surface area contributed by atoms with Gasteiger partial charge in [0.2, 0.25) is 0 Å². The molecule has 3 atom stereocenters. The Labute approximate surface area is 127 Å². The van der Waals surface area contributed by atoms with Crippen LogP contribution in [0.3, 0.4) is 0 Å². The minimum Gasteiger partial charge on any atom is -0.430 e. The third kappa shape index (κ3) is 2.41. The fourth-order valence-electron chi connectivity index (χ4n) is 3.47. The van der Waals surface area contributed by atoms with Crippen molar-refractivity contribution in [2.45, 2.75) is 47.0 Å². The molecule has 0 amide bonds. The van der Waals surface area contributed by atoms with Gasteiger partial charge in [-0.1, -0.05) is 24.3 Å². The summed E-state index contributed by atoms with van der Waals surface area (Å²) in [7, 11) is 0. The standard InChI is InChI=1S/C19H24O2/c1-11(2)17(21-18(20)19(3,4)5)16-14-10-12-8-6-7-9-13(12)15(14)16/h6-9,14-16H,10H2,1-5H3/t14-,15+,16?/m1/s1. The van der Waals surface area contributed by atoms with Crippen molar-refractivity contribution in [3.63, 3.8) is 0 Å². The smallest absolute Gasteiger partial charge is 0.316 e. The van der Waals surface area contributed by atoms with Gasteiger partial charge in [-0.15, -0.1) is 0 Å². The first kappa shape index (κ1) is 14.4. The second-order valence-corrected chi connectivity index (χ2v) is 7.62. The number of fused-ring (bicyclic) bond motifs is 3. The molecule has 0 aromatic heterocycles. The zero-order valence-corrected chi connectivity index (χ0v) is 13.6. The molecule has 2 aliphatic carbocycles. The highest BCUT2D eigenvalue weighted by Gasteiger charge is 2.58. The number of carbonyl (C=O) groups excluding carboxylic acids is 1. The molecule has 1 aromatic rings. The molecule has 0 N–H and O–H groups in total. The number of allylic oxidation sites excluding steroid dienone is 2. The number of hydrogen-bond donors (Lipinski definition) is 0. The molecular formula is C19H24O2. The van der Waals surface area contributed by atoms with Crippen molar-refractivity contribution in [3.05, 3.63) is 46.7 Å². The van der Waals surface area contributed by atoms with E-state index >= 15 is 0 Å². The lowest BCUT2D eigenvalue weighted by Gasteiger charge is -2.20. The summed E-state index contributed by atoms with van der Waals surface area (Å²) in [6.07, 6.45) is 1.12. The van der Waals surface area contributed by atoms with Crippen LogP contribution in [0.5, 0.6) is 0 Å². The molecule has 21 heavy (non-hydrogen) atoms. The molecule has 112 valence electrons. The van der Waals surface area contributed by atoms with Crippen LogP contribution in [0, 0.1) is 17.3 Å². The van der Waals surface area contributed by atoms with Crippen molar-refractivity contribution < 1.29 is 9.53 Å². The highest BCUT2D eigenvalue weighted by atomic mass is 16.5. The topological polar surface area (TPSA) is 26.3 Å². The minimum atomic E-state index is -0.456. The van der Waals surface area contributed by atoms with Crippen molar-refractivity contribution in [2.24, 2.45) is 17.3 Å². The van der Waals surface area contributed by atoms with Gasteiger partial charge in [0.15, 0.2) is 0 Å². The monoisotopic (exact) mass is 284 g/mol. The molecule has 1 unspecified atom stereocenters. The van der Waals surface area contributed by atoms with E-state index in [0.717, 1.165) is 17.8 Å². The molecule has 0 heterocycles. The molecule has 1 fully saturated rings. The van der Waals surface area contributed by atoms with E-state index in [2.05, 4.69) is 24.3 Å². The minimum absolute atomic E-state index is 0.128. The highest BCUT2D eigenvalue weighted by Crippen LogP contribution is 2.64. The van der Waals surface area contributed by atoms with Crippen molar-refractivity contribution in [3.8, 4) is 0 Å². The van der Waals surface area contributed by atoms with E-state index in [1.807, 2.05) is 34.6 Å². The van der Waals surface area contributed by atoms with Gasteiger partial charge in [-0.3, -0.25) is 4.79 Å². The van der Waals surface area contributed by atoms with Gasteiger partial charge in [0.25, 0.3) is 0 Å². The lowest BCUT2D eigenvalue weighted by atomic mass is 9.96. The number of esters is 1. The molecule has 3 rings (SSSR count). The zero-order valence-electron chi connectivity index (χ0n) is 13.6. The van der Waals surface area contributed by atoms with Gasteiger partial charge in [0.1, 0.15) is 5.76 Å². The summed E-state index contributed by atoms with van der Waals surface area (Å²) in [5.41, 5.74) is 3.60. The third-order valence-corrected chi connectivity index (χ3v) is 4.65. The number of hydrogen-bond acceptors (Lipinski definition) is 2. The number of carbonyl (C=O) groups is 1. The van der Waals surface area contributed by atoms with Crippen LogP contribution >= 0.6 is 0 Å². The van der Waals surface area contributed by atoms with Gasteiger partial charge < -0.3 is 4.74 Å². The number of rotatable bonds is 2. The van der Waals surface area contributed by atoms with Crippen LogP contribution in [0.1, 0.15) is 51.7 Å². The maximum Gasteiger partial charge on any atom is 0.316 e. The molecule has 0 bridgehead atoms. The summed E-state index contributed by atoms with van der Waals surface area (Å²) in [6.45, 7) is 9.80. The van der Waals surface area contributed by atoms with E-state index in [1.165, 1.54) is 11.1 Å². The van der Waals surface area contributed by atoms with E-state index in [1.54, 1.807) is 0 Å². The van der Waals surface area contributed by atoms with E-state index in [0.29, 0.717) is 17.8 Å². The molecular weight excluding hydrogens is 260 g/mol. The van der Waals surface area contributed by atoms with Gasteiger partial charge >= 0.3 is 5.97 Å². The first-order chi connectivity index (χ1) is 9.80. The molecule has 0 saturated heterocycles. The molecule has 0 radical (unpaired) electrons. The van der Waals surface area contributed by atoms with Crippen LogP contribution in [-0.4, -0.2) is 5.97 Å². The molecule has 2 aliphatic rings.